The Morgan fingerprint density at radius 2 is 1.61 bits per heavy atom. The first kappa shape index (κ1) is 15.6. The average Bonchev–Trinajstić information content (AvgIpc) is 2.13. The summed E-state index contributed by atoms with van der Waals surface area (Å²) in [4.78, 5) is 19.6. The first-order valence-electron chi connectivity index (χ1n) is 5.50. The van der Waals surface area contributed by atoms with Crippen molar-refractivity contribution in [2.75, 3.05) is 25.9 Å². The van der Waals surface area contributed by atoms with Crippen molar-refractivity contribution in [1.82, 2.24) is 4.90 Å². The first-order valence-corrected chi connectivity index (χ1v) is 10.1. The lowest BCUT2D eigenvalue weighted by molar-refractivity contribution is 0.297. The standard InChI is InChI=1S/C11H19NO4P2/c1-17(2,13)9-12(10-18(14,15)16)8-11-6-4-3-5-7-11/h3-7H,8-10H2,1-2H3,(H2,14,15,16). The molecule has 0 saturated heterocycles. The number of hydrogen-bond acceptors (Lipinski definition) is 3. The molecule has 5 nitrogen and oxygen atoms in total. The van der Waals surface area contributed by atoms with Gasteiger partial charge in [0.25, 0.3) is 0 Å². The third-order valence-electron chi connectivity index (χ3n) is 2.17. The van der Waals surface area contributed by atoms with Crippen LogP contribution in [-0.2, 0) is 15.7 Å². The highest BCUT2D eigenvalue weighted by atomic mass is 31.2. The minimum absolute atomic E-state index is 0.201. The Morgan fingerprint density at radius 3 is 2.06 bits per heavy atom. The van der Waals surface area contributed by atoms with Crippen molar-refractivity contribution in [1.29, 1.82) is 0 Å². The highest BCUT2D eigenvalue weighted by molar-refractivity contribution is 7.62. The fourth-order valence-electron chi connectivity index (χ4n) is 1.73. The number of benzene rings is 1. The Bertz CT molecular complexity index is 441. The van der Waals surface area contributed by atoms with Crippen LogP contribution in [0.25, 0.3) is 0 Å². The molecule has 0 saturated carbocycles. The van der Waals surface area contributed by atoms with E-state index in [1.807, 2.05) is 30.3 Å². The third kappa shape index (κ3) is 7.10. The van der Waals surface area contributed by atoms with Gasteiger partial charge in [-0.15, -0.1) is 0 Å². The molecule has 0 bridgehead atoms. The van der Waals surface area contributed by atoms with Gasteiger partial charge in [0.15, 0.2) is 0 Å². The zero-order valence-electron chi connectivity index (χ0n) is 10.6. The lowest BCUT2D eigenvalue weighted by Crippen LogP contribution is -2.25. The molecule has 1 aromatic carbocycles. The van der Waals surface area contributed by atoms with Gasteiger partial charge in [-0.05, 0) is 18.9 Å². The maximum Gasteiger partial charge on any atom is 0.339 e. The molecule has 102 valence electrons. The van der Waals surface area contributed by atoms with Gasteiger partial charge in [-0.3, -0.25) is 9.46 Å². The van der Waals surface area contributed by atoms with Gasteiger partial charge in [-0.25, -0.2) is 0 Å². The smallest absolute Gasteiger partial charge is 0.324 e. The van der Waals surface area contributed by atoms with E-state index in [0.717, 1.165) is 5.56 Å². The molecule has 0 radical (unpaired) electrons. The van der Waals surface area contributed by atoms with Crippen LogP contribution in [0.2, 0.25) is 0 Å². The fourth-order valence-corrected chi connectivity index (χ4v) is 3.77. The molecule has 1 aromatic rings. The van der Waals surface area contributed by atoms with Crippen LogP contribution in [-0.4, -0.2) is 40.6 Å². The quantitative estimate of drug-likeness (QED) is 0.786. The second kappa shape index (κ2) is 6.14. The van der Waals surface area contributed by atoms with E-state index in [1.54, 1.807) is 18.2 Å². The summed E-state index contributed by atoms with van der Waals surface area (Å²) in [5.41, 5.74) is 0.944. The van der Waals surface area contributed by atoms with Gasteiger partial charge in [0.05, 0.1) is 13.4 Å². The SMILES string of the molecule is CP(C)(=O)CN(Cc1ccccc1)CP(=O)(O)O. The molecule has 0 heterocycles. The van der Waals surface area contributed by atoms with Gasteiger partial charge in [0.1, 0.15) is 6.29 Å². The highest BCUT2D eigenvalue weighted by Gasteiger charge is 2.23. The molecule has 7 heteroatoms. The van der Waals surface area contributed by atoms with Gasteiger partial charge in [0.2, 0.25) is 0 Å². The Hall–Kier alpha value is -0.440. The maximum atomic E-state index is 11.8. The normalized spacial score (nSPS) is 12.9. The van der Waals surface area contributed by atoms with Crippen molar-refractivity contribution in [2.24, 2.45) is 0 Å². The lowest BCUT2D eigenvalue weighted by Gasteiger charge is -2.24. The topological polar surface area (TPSA) is 77.8 Å². The molecular formula is C11H19NO4P2. The van der Waals surface area contributed by atoms with Crippen molar-refractivity contribution < 1.29 is 18.9 Å². The summed E-state index contributed by atoms with van der Waals surface area (Å²) in [5, 5.41) is 0. The summed E-state index contributed by atoms with van der Waals surface area (Å²) >= 11 is 0. The molecule has 2 N–H and O–H groups in total. The van der Waals surface area contributed by atoms with Crippen LogP contribution < -0.4 is 0 Å². The molecule has 0 spiro atoms. The summed E-state index contributed by atoms with van der Waals surface area (Å²) < 4.78 is 22.9. The van der Waals surface area contributed by atoms with E-state index in [2.05, 4.69) is 0 Å². The zero-order valence-corrected chi connectivity index (χ0v) is 12.3. The van der Waals surface area contributed by atoms with Crippen LogP contribution in [0.5, 0.6) is 0 Å². The molecule has 0 aliphatic carbocycles. The van der Waals surface area contributed by atoms with Crippen LogP contribution in [0.3, 0.4) is 0 Å². The molecule has 0 aromatic heterocycles. The molecule has 0 aliphatic rings. The van der Waals surface area contributed by atoms with Gasteiger partial charge in [-0.1, -0.05) is 30.3 Å². The van der Waals surface area contributed by atoms with Crippen LogP contribution in [0.4, 0.5) is 0 Å². The predicted octanol–water partition coefficient (Wildman–Crippen LogP) is 2.20. The van der Waals surface area contributed by atoms with Crippen molar-refractivity contribution in [3.8, 4) is 0 Å². The van der Waals surface area contributed by atoms with Crippen molar-refractivity contribution in [3.63, 3.8) is 0 Å². The van der Waals surface area contributed by atoms with E-state index in [0.29, 0.717) is 6.54 Å². The van der Waals surface area contributed by atoms with E-state index >= 15 is 0 Å². The van der Waals surface area contributed by atoms with Gasteiger partial charge < -0.3 is 14.4 Å². The predicted molar refractivity (Wildman–Crippen MR) is 73.2 cm³/mol. The minimum atomic E-state index is -4.14. The number of nitrogens with zero attached hydrogens (tertiary/aromatic N) is 1. The molecule has 1 rings (SSSR count). The Balaban J connectivity index is 2.78. The fraction of sp³-hybridized carbons (Fsp3) is 0.455. The third-order valence-corrected chi connectivity index (χ3v) is 4.02. The molecular weight excluding hydrogens is 272 g/mol. The molecule has 18 heavy (non-hydrogen) atoms. The summed E-state index contributed by atoms with van der Waals surface area (Å²) in [5.74, 6) is 0. The molecule has 0 amide bonds. The second-order valence-corrected chi connectivity index (χ2v) is 9.88. The van der Waals surface area contributed by atoms with E-state index in [9.17, 15) is 9.13 Å². The van der Waals surface area contributed by atoms with Gasteiger partial charge in [0, 0.05) is 6.54 Å². The summed E-state index contributed by atoms with van der Waals surface area (Å²) in [6, 6.07) is 9.36. The minimum Gasteiger partial charge on any atom is -0.324 e. The van der Waals surface area contributed by atoms with Crippen LogP contribution in [0.15, 0.2) is 30.3 Å². The van der Waals surface area contributed by atoms with Crippen molar-refractivity contribution >= 4 is 14.7 Å². The monoisotopic (exact) mass is 291 g/mol. The maximum absolute atomic E-state index is 11.8. The second-order valence-electron chi connectivity index (χ2n) is 4.84. The van der Waals surface area contributed by atoms with E-state index in [4.69, 9.17) is 9.79 Å². The number of hydrogen-bond donors (Lipinski definition) is 2. The van der Waals surface area contributed by atoms with Crippen LogP contribution >= 0.6 is 14.7 Å². The zero-order chi connectivity index (χ0) is 13.8. The summed E-state index contributed by atoms with van der Waals surface area (Å²) in [6.45, 7) is 3.62. The molecule has 0 fully saturated rings. The van der Waals surface area contributed by atoms with Crippen molar-refractivity contribution in [2.45, 2.75) is 6.54 Å². The largest absolute Gasteiger partial charge is 0.339 e. The van der Waals surface area contributed by atoms with E-state index < -0.39 is 14.7 Å². The van der Waals surface area contributed by atoms with Gasteiger partial charge in [-0.2, -0.15) is 0 Å². The van der Waals surface area contributed by atoms with Crippen LogP contribution in [0.1, 0.15) is 5.56 Å². The lowest BCUT2D eigenvalue weighted by atomic mass is 10.2. The Kier molecular flexibility index (Phi) is 5.32. The van der Waals surface area contributed by atoms with Crippen molar-refractivity contribution in [3.05, 3.63) is 35.9 Å². The van der Waals surface area contributed by atoms with Crippen LogP contribution in [0, 0.1) is 0 Å². The number of rotatable bonds is 6. The molecule has 0 aliphatic heterocycles. The van der Waals surface area contributed by atoms with Gasteiger partial charge >= 0.3 is 7.60 Å². The Labute approximate surface area is 107 Å². The average molecular weight is 291 g/mol. The van der Waals surface area contributed by atoms with E-state index in [-0.39, 0.29) is 12.6 Å². The molecule has 0 unspecified atom stereocenters. The summed E-state index contributed by atoms with van der Waals surface area (Å²) in [6.07, 6.45) is -0.166. The molecule has 0 atom stereocenters. The highest BCUT2D eigenvalue weighted by Crippen LogP contribution is 2.41. The first-order chi connectivity index (χ1) is 8.16. The Morgan fingerprint density at radius 1 is 1.06 bits per heavy atom. The summed E-state index contributed by atoms with van der Waals surface area (Å²) in [7, 11) is -6.50. The van der Waals surface area contributed by atoms with E-state index in [1.165, 1.54) is 0 Å².